The summed E-state index contributed by atoms with van der Waals surface area (Å²) < 4.78 is 38.4. The number of carbonyl (C=O) groups is 2. The monoisotopic (exact) mass is 447 g/mol. The number of benzene rings is 2. The van der Waals surface area contributed by atoms with Gasteiger partial charge in [-0.1, -0.05) is 42.5 Å². The number of thiazole rings is 1. The van der Waals surface area contributed by atoms with Gasteiger partial charge in [0.05, 0.1) is 17.7 Å². The molecule has 3 aromatic rings. The molecule has 31 heavy (non-hydrogen) atoms. The molecule has 0 spiro atoms. The van der Waals surface area contributed by atoms with Crippen molar-refractivity contribution >= 4 is 28.3 Å². The number of anilines is 1. The molecule has 0 aliphatic heterocycles. The van der Waals surface area contributed by atoms with Gasteiger partial charge in [0.2, 0.25) is 11.8 Å². The van der Waals surface area contributed by atoms with Crippen LogP contribution in [0.15, 0.2) is 53.9 Å². The first-order valence-corrected chi connectivity index (χ1v) is 10.3. The summed E-state index contributed by atoms with van der Waals surface area (Å²) in [5, 5.41) is 7.55. The molecule has 1 heterocycles. The van der Waals surface area contributed by atoms with Gasteiger partial charge in [0, 0.05) is 24.4 Å². The van der Waals surface area contributed by atoms with Crippen LogP contribution in [0.4, 0.5) is 18.3 Å². The maximum atomic E-state index is 12.8. The molecule has 2 amide bonds. The lowest BCUT2D eigenvalue weighted by atomic mass is 10.1. The number of hydrogen-bond donors (Lipinski definition) is 2. The highest BCUT2D eigenvalue weighted by atomic mass is 32.1. The summed E-state index contributed by atoms with van der Waals surface area (Å²) in [6.45, 7) is 2.04. The van der Waals surface area contributed by atoms with Crippen LogP contribution >= 0.6 is 11.3 Å². The number of amides is 2. The minimum atomic E-state index is -4.45. The van der Waals surface area contributed by atoms with Gasteiger partial charge in [0.1, 0.15) is 0 Å². The van der Waals surface area contributed by atoms with Gasteiger partial charge in [-0.05, 0) is 23.6 Å². The summed E-state index contributed by atoms with van der Waals surface area (Å²) in [7, 11) is 0. The van der Waals surface area contributed by atoms with E-state index in [-0.39, 0.29) is 17.9 Å². The van der Waals surface area contributed by atoms with Gasteiger partial charge < -0.3 is 10.6 Å². The average molecular weight is 447 g/mol. The lowest BCUT2D eigenvalue weighted by Crippen LogP contribution is -2.22. The zero-order chi connectivity index (χ0) is 22.4. The van der Waals surface area contributed by atoms with Crippen molar-refractivity contribution in [3.63, 3.8) is 0 Å². The lowest BCUT2D eigenvalue weighted by molar-refractivity contribution is -0.137. The Bertz CT molecular complexity index is 1060. The minimum Gasteiger partial charge on any atom is -0.356 e. The second-order valence-corrected chi connectivity index (χ2v) is 7.75. The molecule has 0 aliphatic carbocycles. The Morgan fingerprint density at radius 3 is 2.48 bits per heavy atom. The Kier molecular flexibility index (Phi) is 7.06. The first-order valence-electron chi connectivity index (χ1n) is 9.46. The van der Waals surface area contributed by atoms with Crippen molar-refractivity contribution in [2.24, 2.45) is 0 Å². The van der Waals surface area contributed by atoms with E-state index in [1.807, 2.05) is 24.3 Å². The molecule has 0 radical (unpaired) electrons. The van der Waals surface area contributed by atoms with Crippen molar-refractivity contribution in [1.29, 1.82) is 0 Å². The Balaban J connectivity index is 1.58. The molecular formula is C22H20F3N3O2S. The van der Waals surface area contributed by atoms with E-state index in [0.29, 0.717) is 23.8 Å². The molecule has 0 saturated heterocycles. The Morgan fingerprint density at radius 1 is 1.06 bits per heavy atom. The highest BCUT2D eigenvalue weighted by Crippen LogP contribution is 2.30. The van der Waals surface area contributed by atoms with Crippen LogP contribution in [-0.4, -0.2) is 23.3 Å². The molecule has 0 fully saturated rings. The molecule has 0 aliphatic rings. The van der Waals surface area contributed by atoms with Gasteiger partial charge in [-0.2, -0.15) is 13.2 Å². The molecule has 2 N–H and O–H groups in total. The number of nitrogens with zero attached hydrogens (tertiary/aromatic N) is 1. The number of rotatable bonds is 7. The average Bonchev–Trinajstić information content (AvgIpc) is 3.16. The van der Waals surface area contributed by atoms with E-state index < -0.39 is 17.6 Å². The maximum Gasteiger partial charge on any atom is 0.416 e. The first kappa shape index (κ1) is 22.5. The van der Waals surface area contributed by atoms with Crippen LogP contribution in [0.2, 0.25) is 0 Å². The number of halogens is 3. The zero-order valence-corrected chi connectivity index (χ0v) is 17.4. The minimum absolute atomic E-state index is 0.0678. The van der Waals surface area contributed by atoms with Gasteiger partial charge in [-0.25, -0.2) is 4.98 Å². The van der Waals surface area contributed by atoms with Crippen LogP contribution in [0.5, 0.6) is 0 Å². The molecule has 3 rings (SSSR count). The fourth-order valence-corrected chi connectivity index (χ4v) is 3.63. The van der Waals surface area contributed by atoms with Crippen LogP contribution in [-0.2, 0) is 28.6 Å². The molecule has 9 heteroatoms. The maximum absolute atomic E-state index is 12.8. The van der Waals surface area contributed by atoms with E-state index in [1.54, 1.807) is 5.38 Å². The van der Waals surface area contributed by atoms with Gasteiger partial charge in [-0.15, -0.1) is 11.3 Å². The molecule has 1 aromatic heterocycles. The summed E-state index contributed by atoms with van der Waals surface area (Å²) in [6.07, 6.45) is -3.91. The van der Waals surface area contributed by atoms with E-state index in [0.717, 1.165) is 23.3 Å². The predicted octanol–water partition coefficient (Wildman–Crippen LogP) is 4.69. The summed E-state index contributed by atoms with van der Waals surface area (Å²) in [6, 6.07) is 12.4. The van der Waals surface area contributed by atoms with E-state index in [4.69, 9.17) is 0 Å². The zero-order valence-electron chi connectivity index (χ0n) is 16.6. The third-order valence-corrected chi connectivity index (χ3v) is 5.16. The molecule has 2 aromatic carbocycles. The van der Waals surface area contributed by atoms with Crippen LogP contribution in [0.1, 0.15) is 23.6 Å². The molecule has 0 saturated carbocycles. The topological polar surface area (TPSA) is 71.1 Å². The first-order chi connectivity index (χ1) is 14.7. The molecule has 5 nitrogen and oxygen atoms in total. The fraction of sp³-hybridized carbons (Fsp3) is 0.227. The molecular weight excluding hydrogens is 427 g/mol. The summed E-state index contributed by atoms with van der Waals surface area (Å²) in [5.74, 6) is -0.504. The van der Waals surface area contributed by atoms with Crippen molar-refractivity contribution < 1.29 is 22.8 Å². The molecule has 0 atom stereocenters. The van der Waals surface area contributed by atoms with E-state index in [1.165, 1.54) is 30.4 Å². The Hall–Kier alpha value is -3.20. The van der Waals surface area contributed by atoms with Crippen molar-refractivity contribution in [1.82, 2.24) is 10.3 Å². The summed E-state index contributed by atoms with van der Waals surface area (Å²) in [4.78, 5) is 27.5. The van der Waals surface area contributed by atoms with E-state index in [9.17, 15) is 22.8 Å². The SMILES string of the molecule is CC(=O)NCCc1ccc(-c2csc(NC(=O)Cc3cccc(C(F)(F)F)c3)n2)cc1. The normalized spacial score (nSPS) is 11.2. The molecule has 0 unspecified atom stereocenters. The van der Waals surface area contributed by atoms with Gasteiger partial charge in [0.15, 0.2) is 5.13 Å². The van der Waals surface area contributed by atoms with Gasteiger partial charge in [-0.3, -0.25) is 9.59 Å². The Morgan fingerprint density at radius 2 is 1.81 bits per heavy atom. The third kappa shape index (κ3) is 6.65. The number of alkyl halides is 3. The van der Waals surface area contributed by atoms with Crippen molar-refractivity contribution in [2.45, 2.75) is 25.9 Å². The third-order valence-electron chi connectivity index (χ3n) is 4.41. The molecule has 162 valence electrons. The summed E-state index contributed by atoms with van der Waals surface area (Å²) >= 11 is 1.24. The Labute approximate surface area is 181 Å². The van der Waals surface area contributed by atoms with Crippen LogP contribution in [0.25, 0.3) is 11.3 Å². The smallest absolute Gasteiger partial charge is 0.356 e. The predicted molar refractivity (Wildman–Crippen MR) is 114 cm³/mol. The second-order valence-electron chi connectivity index (χ2n) is 6.89. The van der Waals surface area contributed by atoms with E-state index in [2.05, 4.69) is 15.6 Å². The van der Waals surface area contributed by atoms with Crippen LogP contribution in [0, 0.1) is 0 Å². The van der Waals surface area contributed by atoms with Crippen molar-refractivity contribution in [2.75, 3.05) is 11.9 Å². The number of hydrogen-bond acceptors (Lipinski definition) is 4. The number of aromatic nitrogens is 1. The highest BCUT2D eigenvalue weighted by molar-refractivity contribution is 7.14. The van der Waals surface area contributed by atoms with Gasteiger partial charge >= 0.3 is 6.18 Å². The number of carbonyl (C=O) groups excluding carboxylic acids is 2. The second kappa shape index (κ2) is 9.74. The highest BCUT2D eigenvalue weighted by Gasteiger charge is 2.30. The van der Waals surface area contributed by atoms with Crippen LogP contribution < -0.4 is 10.6 Å². The molecule has 0 bridgehead atoms. The number of nitrogens with one attached hydrogen (secondary N) is 2. The quantitative estimate of drug-likeness (QED) is 0.552. The van der Waals surface area contributed by atoms with Crippen LogP contribution in [0.3, 0.4) is 0 Å². The lowest BCUT2D eigenvalue weighted by Gasteiger charge is -2.08. The fourth-order valence-electron chi connectivity index (χ4n) is 2.90. The van der Waals surface area contributed by atoms with E-state index >= 15 is 0 Å². The largest absolute Gasteiger partial charge is 0.416 e. The van der Waals surface area contributed by atoms with Gasteiger partial charge in [0.25, 0.3) is 0 Å². The van der Waals surface area contributed by atoms with Crippen molar-refractivity contribution in [3.05, 3.63) is 70.6 Å². The summed E-state index contributed by atoms with van der Waals surface area (Å²) in [5.41, 5.74) is 2.13. The standard InChI is InChI=1S/C22H20F3N3O2S/c1-14(29)26-10-9-15-5-7-17(8-6-15)19-13-31-21(27-19)28-20(30)12-16-3-2-4-18(11-16)22(23,24)25/h2-8,11,13H,9-10,12H2,1H3,(H,26,29)(H,27,28,30). The van der Waals surface area contributed by atoms with Crippen molar-refractivity contribution in [3.8, 4) is 11.3 Å².